The van der Waals surface area contributed by atoms with Crippen LogP contribution in [0.5, 0.6) is 0 Å². The number of aromatic nitrogens is 3. The number of imide groups is 1. The first-order chi connectivity index (χ1) is 14.1. The van der Waals surface area contributed by atoms with Crippen LogP contribution in [0.1, 0.15) is 37.6 Å². The summed E-state index contributed by atoms with van der Waals surface area (Å²) in [7, 11) is 1.48. The number of benzene rings is 1. The van der Waals surface area contributed by atoms with Gasteiger partial charge in [0.2, 0.25) is 5.91 Å². The van der Waals surface area contributed by atoms with Gasteiger partial charge in [0.1, 0.15) is 6.54 Å². The van der Waals surface area contributed by atoms with Gasteiger partial charge in [-0.1, -0.05) is 42.1 Å². The van der Waals surface area contributed by atoms with Crippen molar-refractivity contribution in [2.45, 2.75) is 49.7 Å². The highest BCUT2D eigenvalue weighted by Crippen LogP contribution is 2.23. The number of rotatable bonds is 7. The first-order valence-corrected chi connectivity index (χ1v) is 10.9. The molecular weight excluding hydrogens is 388 g/mol. The van der Waals surface area contributed by atoms with E-state index in [1.165, 1.54) is 43.0 Å². The molecule has 3 N–H and O–H groups in total. The molecule has 2 aromatic rings. The van der Waals surface area contributed by atoms with Gasteiger partial charge in [0.05, 0.1) is 24.9 Å². The fourth-order valence-electron chi connectivity index (χ4n) is 3.40. The van der Waals surface area contributed by atoms with E-state index in [1.807, 2.05) is 18.2 Å². The molecule has 29 heavy (non-hydrogen) atoms. The molecule has 3 amide bonds. The van der Waals surface area contributed by atoms with Crippen molar-refractivity contribution in [3.05, 3.63) is 41.7 Å². The summed E-state index contributed by atoms with van der Waals surface area (Å²) in [5.41, 5.74) is 1.16. The Kier molecular flexibility index (Phi) is 7.65. The summed E-state index contributed by atoms with van der Waals surface area (Å²) >= 11 is 1.32. The molecule has 1 fully saturated rings. The van der Waals surface area contributed by atoms with Crippen LogP contribution in [0.4, 0.5) is 4.79 Å². The lowest BCUT2D eigenvalue weighted by Gasteiger charge is -2.23. The Balaban J connectivity index is 1.77. The number of likely N-dealkylation sites (tertiary alicyclic amines) is 1. The lowest BCUT2D eigenvalue weighted by Crippen LogP contribution is -3.11. The molecule has 2 heterocycles. The average molecular weight is 418 g/mol. The normalized spacial score (nSPS) is 15.7. The molecule has 0 unspecified atom stereocenters. The lowest BCUT2D eigenvalue weighted by molar-refractivity contribution is -0.919. The third kappa shape index (κ3) is 6.04. The fourth-order valence-corrected chi connectivity index (χ4v) is 4.27. The number of piperidine rings is 1. The molecule has 1 aromatic carbocycles. The van der Waals surface area contributed by atoms with E-state index in [9.17, 15) is 9.59 Å². The molecule has 0 radical (unpaired) electrons. The smallest absolute Gasteiger partial charge is 0.321 e. The second kappa shape index (κ2) is 10.4. The van der Waals surface area contributed by atoms with Gasteiger partial charge in [0.15, 0.2) is 11.0 Å². The number of thioether (sulfide) groups is 1. The summed E-state index contributed by atoms with van der Waals surface area (Å²) in [6.45, 7) is 5.57. The van der Waals surface area contributed by atoms with Gasteiger partial charge in [-0.3, -0.25) is 14.7 Å². The van der Waals surface area contributed by atoms with E-state index in [0.717, 1.165) is 31.0 Å². The van der Waals surface area contributed by atoms with Crippen LogP contribution < -0.4 is 15.5 Å². The molecule has 1 aliphatic heterocycles. The Labute approximate surface area is 175 Å². The highest BCUT2D eigenvalue weighted by molar-refractivity contribution is 8.00. The third-order valence-corrected chi connectivity index (χ3v) is 6.14. The molecule has 3 rings (SSSR count). The Morgan fingerprint density at radius 3 is 2.59 bits per heavy atom. The number of nitrogens with zero attached hydrogens (tertiary/aromatic N) is 3. The van der Waals surface area contributed by atoms with Crippen molar-refractivity contribution in [1.29, 1.82) is 0 Å². The minimum Gasteiger partial charge on any atom is -0.341 e. The maximum atomic E-state index is 12.3. The lowest BCUT2D eigenvalue weighted by atomic mass is 10.1. The van der Waals surface area contributed by atoms with Crippen molar-refractivity contribution in [2.24, 2.45) is 0 Å². The van der Waals surface area contributed by atoms with E-state index in [4.69, 9.17) is 0 Å². The SMILES string of the molecule is CNC(=O)NC(=O)[C@@H](C)Sc1nnc(C[NH+]2CCCCC2)n1Cc1ccccc1. The zero-order chi connectivity index (χ0) is 20.6. The van der Waals surface area contributed by atoms with Gasteiger partial charge in [-0.05, 0) is 31.7 Å². The second-order valence-corrected chi connectivity index (χ2v) is 8.59. The number of amides is 3. The van der Waals surface area contributed by atoms with Crippen LogP contribution in [0.15, 0.2) is 35.5 Å². The second-order valence-electron chi connectivity index (χ2n) is 7.29. The van der Waals surface area contributed by atoms with Gasteiger partial charge in [-0.2, -0.15) is 0 Å². The van der Waals surface area contributed by atoms with E-state index < -0.39 is 11.3 Å². The Morgan fingerprint density at radius 2 is 1.90 bits per heavy atom. The summed E-state index contributed by atoms with van der Waals surface area (Å²) in [6, 6.07) is 9.67. The van der Waals surface area contributed by atoms with Crippen molar-refractivity contribution in [2.75, 3.05) is 20.1 Å². The Hall–Kier alpha value is -2.39. The van der Waals surface area contributed by atoms with Gasteiger partial charge in [0, 0.05) is 7.05 Å². The summed E-state index contributed by atoms with van der Waals surface area (Å²) in [5.74, 6) is 0.582. The van der Waals surface area contributed by atoms with Crippen molar-refractivity contribution < 1.29 is 14.5 Å². The summed E-state index contributed by atoms with van der Waals surface area (Å²) < 4.78 is 2.10. The quantitative estimate of drug-likeness (QED) is 0.581. The first-order valence-electron chi connectivity index (χ1n) is 10.1. The predicted molar refractivity (Wildman–Crippen MR) is 112 cm³/mol. The average Bonchev–Trinajstić information content (AvgIpc) is 3.10. The van der Waals surface area contributed by atoms with Gasteiger partial charge < -0.3 is 10.2 Å². The molecular formula is C20H29N6O2S+. The van der Waals surface area contributed by atoms with Crippen LogP contribution in [-0.4, -0.2) is 52.1 Å². The minimum absolute atomic E-state index is 0.355. The zero-order valence-electron chi connectivity index (χ0n) is 17.0. The van der Waals surface area contributed by atoms with Crippen molar-refractivity contribution in [3.8, 4) is 0 Å². The van der Waals surface area contributed by atoms with Crippen LogP contribution in [-0.2, 0) is 17.9 Å². The summed E-state index contributed by atoms with van der Waals surface area (Å²) in [5, 5.41) is 13.8. The summed E-state index contributed by atoms with van der Waals surface area (Å²) in [6.07, 6.45) is 3.81. The first kappa shape index (κ1) is 21.3. The molecule has 156 valence electrons. The molecule has 8 nitrogen and oxygen atoms in total. The van der Waals surface area contributed by atoms with Crippen molar-refractivity contribution in [3.63, 3.8) is 0 Å². The van der Waals surface area contributed by atoms with Crippen LogP contribution in [0, 0.1) is 0 Å². The number of hydrogen-bond donors (Lipinski definition) is 3. The molecule has 1 saturated heterocycles. The fraction of sp³-hybridized carbons (Fsp3) is 0.500. The number of quaternary nitrogens is 1. The zero-order valence-corrected chi connectivity index (χ0v) is 17.8. The van der Waals surface area contributed by atoms with E-state index in [1.54, 1.807) is 6.92 Å². The molecule has 0 saturated carbocycles. The molecule has 9 heteroatoms. The van der Waals surface area contributed by atoms with Gasteiger partial charge >= 0.3 is 6.03 Å². The van der Waals surface area contributed by atoms with Crippen LogP contribution >= 0.6 is 11.8 Å². The highest BCUT2D eigenvalue weighted by atomic mass is 32.2. The third-order valence-electron chi connectivity index (χ3n) is 5.06. The standard InChI is InChI=1S/C20H28N6O2S/c1-15(18(27)22-19(28)21-2)29-20-24-23-17(14-25-11-7-4-8-12-25)26(20)13-16-9-5-3-6-10-16/h3,5-6,9-10,15H,4,7-8,11-14H2,1-2H3,(H2,21,22,27,28)/p+1/t15-/m1/s1. The van der Waals surface area contributed by atoms with Gasteiger partial charge in [-0.25, -0.2) is 4.79 Å². The molecule has 0 aliphatic carbocycles. The van der Waals surface area contributed by atoms with Crippen LogP contribution in [0.2, 0.25) is 0 Å². The Morgan fingerprint density at radius 1 is 1.17 bits per heavy atom. The topological polar surface area (TPSA) is 93.3 Å². The number of hydrogen-bond acceptors (Lipinski definition) is 5. The largest absolute Gasteiger partial charge is 0.341 e. The van der Waals surface area contributed by atoms with E-state index in [0.29, 0.717) is 11.7 Å². The number of nitrogens with one attached hydrogen (secondary N) is 3. The Bertz CT molecular complexity index is 820. The van der Waals surface area contributed by atoms with E-state index in [2.05, 4.69) is 37.5 Å². The van der Waals surface area contributed by atoms with E-state index in [-0.39, 0.29) is 5.91 Å². The molecule has 1 aromatic heterocycles. The highest BCUT2D eigenvalue weighted by Gasteiger charge is 2.24. The molecule has 0 spiro atoms. The summed E-state index contributed by atoms with van der Waals surface area (Å²) in [4.78, 5) is 25.2. The molecule has 1 atom stereocenters. The monoisotopic (exact) mass is 417 g/mol. The number of carbonyl (C=O) groups excluding carboxylic acids is 2. The van der Waals surface area contributed by atoms with Crippen molar-refractivity contribution >= 4 is 23.7 Å². The van der Waals surface area contributed by atoms with Gasteiger partial charge in [-0.15, -0.1) is 10.2 Å². The van der Waals surface area contributed by atoms with E-state index >= 15 is 0 Å². The number of urea groups is 1. The molecule has 0 bridgehead atoms. The van der Waals surface area contributed by atoms with Crippen LogP contribution in [0.25, 0.3) is 0 Å². The predicted octanol–water partition coefficient (Wildman–Crippen LogP) is 0.831. The van der Waals surface area contributed by atoms with Crippen LogP contribution in [0.3, 0.4) is 0 Å². The maximum Gasteiger partial charge on any atom is 0.321 e. The minimum atomic E-state index is -0.511. The maximum absolute atomic E-state index is 12.3. The van der Waals surface area contributed by atoms with Crippen molar-refractivity contribution in [1.82, 2.24) is 25.4 Å². The van der Waals surface area contributed by atoms with Gasteiger partial charge in [0.25, 0.3) is 0 Å². The molecule has 1 aliphatic rings. The number of carbonyl (C=O) groups is 2.